The van der Waals surface area contributed by atoms with Gasteiger partial charge in [-0.3, -0.25) is 0 Å². The Morgan fingerprint density at radius 1 is 1.50 bits per heavy atom. The van der Waals surface area contributed by atoms with Gasteiger partial charge in [-0.2, -0.15) is 0 Å². The Morgan fingerprint density at radius 3 is 2.71 bits per heavy atom. The average molecular weight is 214 g/mol. The highest BCUT2D eigenvalue weighted by Gasteiger charge is 2.12. The number of nitrogens with zero attached hydrogens (tertiary/aromatic N) is 1. The number of hydrogen-bond acceptors (Lipinski definition) is 4. The van der Waals surface area contributed by atoms with E-state index in [-0.39, 0.29) is 6.61 Å². The van der Waals surface area contributed by atoms with E-state index >= 15 is 0 Å². The van der Waals surface area contributed by atoms with E-state index < -0.39 is 0 Å². The molecule has 0 amide bonds. The summed E-state index contributed by atoms with van der Waals surface area (Å²) in [5, 5.41) is 13.1. The molecule has 0 radical (unpaired) electrons. The van der Waals surface area contributed by atoms with Gasteiger partial charge in [-0.15, -0.1) is 11.3 Å². The van der Waals surface area contributed by atoms with Crippen LogP contribution in [0.1, 0.15) is 42.3 Å². The van der Waals surface area contributed by atoms with Gasteiger partial charge in [0, 0.05) is 11.4 Å². The van der Waals surface area contributed by atoms with Gasteiger partial charge >= 0.3 is 0 Å². The molecule has 1 rings (SSSR count). The van der Waals surface area contributed by atoms with Crippen LogP contribution in [0, 0.1) is 0 Å². The van der Waals surface area contributed by atoms with Crippen LogP contribution in [0.25, 0.3) is 0 Å². The zero-order chi connectivity index (χ0) is 10.6. The zero-order valence-corrected chi connectivity index (χ0v) is 9.82. The molecule has 2 N–H and O–H groups in total. The first-order chi connectivity index (χ1) is 6.69. The molecule has 1 aromatic heterocycles. The molecule has 4 heteroatoms. The normalized spacial score (nSPS) is 11.2. The summed E-state index contributed by atoms with van der Waals surface area (Å²) < 4.78 is 0. The van der Waals surface area contributed by atoms with Crippen molar-refractivity contribution in [1.82, 2.24) is 10.3 Å². The highest BCUT2D eigenvalue weighted by Crippen LogP contribution is 2.24. The van der Waals surface area contributed by atoms with E-state index in [1.165, 1.54) is 4.88 Å². The van der Waals surface area contributed by atoms with Crippen LogP contribution in [0.2, 0.25) is 0 Å². The Morgan fingerprint density at radius 2 is 2.21 bits per heavy atom. The summed E-state index contributed by atoms with van der Waals surface area (Å²) >= 11 is 1.60. The highest BCUT2D eigenvalue weighted by atomic mass is 32.1. The first-order valence-corrected chi connectivity index (χ1v) is 5.80. The molecule has 0 saturated carbocycles. The van der Waals surface area contributed by atoms with E-state index in [1.54, 1.807) is 11.3 Å². The van der Waals surface area contributed by atoms with E-state index in [1.807, 2.05) is 0 Å². The molecule has 0 aliphatic carbocycles. The smallest absolute Gasteiger partial charge is 0.119 e. The van der Waals surface area contributed by atoms with Crippen molar-refractivity contribution in [3.8, 4) is 0 Å². The van der Waals surface area contributed by atoms with Crippen LogP contribution in [-0.2, 0) is 13.2 Å². The van der Waals surface area contributed by atoms with Crippen molar-refractivity contribution in [2.24, 2.45) is 0 Å². The van der Waals surface area contributed by atoms with Gasteiger partial charge < -0.3 is 10.4 Å². The molecular formula is C10H18N2OS. The molecule has 0 aliphatic heterocycles. The van der Waals surface area contributed by atoms with Crippen molar-refractivity contribution in [1.29, 1.82) is 0 Å². The second kappa shape index (κ2) is 5.44. The van der Waals surface area contributed by atoms with Crippen molar-refractivity contribution >= 4 is 11.3 Å². The van der Waals surface area contributed by atoms with Crippen LogP contribution in [-0.4, -0.2) is 16.6 Å². The second-order valence-electron chi connectivity index (χ2n) is 3.51. The van der Waals surface area contributed by atoms with Crippen LogP contribution in [0.3, 0.4) is 0 Å². The standard InChI is InChI=1S/C10H18N2OS/c1-4-11-5-8-10(7(2)3)12-9(6-13)14-8/h7,11,13H,4-6H2,1-3H3. The third-order valence-electron chi connectivity index (χ3n) is 1.99. The Bertz CT molecular complexity index is 284. The van der Waals surface area contributed by atoms with Gasteiger partial charge in [0.1, 0.15) is 5.01 Å². The SMILES string of the molecule is CCNCc1sc(CO)nc1C(C)C. The Hall–Kier alpha value is -0.450. The van der Waals surface area contributed by atoms with Gasteiger partial charge in [0.15, 0.2) is 0 Å². The molecule has 0 bridgehead atoms. The number of thiazole rings is 1. The fraction of sp³-hybridized carbons (Fsp3) is 0.700. The first-order valence-electron chi connectivity index (χ1n) is 4.99. The molecule has 80 valence electrons. The molecule has 0 saturated heterocycles. The van der Waals surface area contributed by atoms with E-state index in [0.717, 1.165) is 23.8 Å². The van der Waals surface area contributed by atoms with Crippen LogP contribution < -0.4 is 5.32 Å². The van der Waals surface area contributed by atoms with Gasteiger partial charge in [0.05, 0.1) is 12.3 Å². The molecule has 0 unspecified atom stereocenters. The molecule has 0 spiro atoms. The number of aliphatic hydroxyl groups excluding tert-OH is 1. The van der Waals surface area contributed by atoms with Gasteiger partial charge in [0.2, 0.25) is 0 Å². The third kappa shape index (κ3) is 2.77. The maximum absolute atomic E-state index is 9.01. The van der Waals surface area contributed by atoms with Crippen LogP contribution in [0.5, 0.6) is 0 Å². The lowest BCUT2D eigenvalue weighted by Crippen LogP contribution is -2.12. The minimum atomic E-state index is 0.0521. The van der Waals surface area contributed by atoms with Crippen LogP contribution in [0.15, 0.2) is 0 Å². The number of hydrogen-bond donors (Lipinski definition) is 2. The molecular weight excluding hydrogens is 196 g/mol. The molecule has 0 fully saturated rings. The fourth-order valence-electron chi connectivity index (χ4n) is 1.30. The summed E-state index contributed by atoms with van der Waals surface area (Å²) in [5.41, 5.74) is 1.13. The molecule has 1 aromatic rings. The van der Waals surface area contributed by atoms with Crippen molar-refractivity contribution in [3.05, 3.63) is 15.6 Å². The van der Waals surface area contributed by atoms with Crippen LogP contribution >= 0.6 is 11.3 Å². The average Bonchev–Trinajstić information content (AvgIpc) is 2.58. The number of aliphatic hydroxyl groups is 1. The highest BCUT2D eigenvalue weighted by molar-refractivity contribution is 7.11. The minimum Gasteiger partial charge on any atom is -0.389 e. The summed E-state index contributed by atoms with van der Waals surface area (Å²) in [6.45, 7) is 8.22. The quantitative estimate of drug-likeness (QED) is 0.786. The molecule has 0 atom stereocenters. The topological polar surface area (TPSA) is 45.1 Å². The monoisotopic (exact) mass is 214 g/mol. The van der Waals surface area contributed by atoms with E-state index in [4.69, 9.17) is 5.11 Å². The number of aromatic nitrogens is 1. The summed E-state index contributed by atoms with van der Waals surface area (Å²) in [4.78, 5) is 5.67. The van der Waals surface area contributed by atoms with E-state index in [0.29, 0.717) is 5.92 Å². The molecule has 0 aliphatic rings. The van der Waals surface area contributed by atoms with Gasteiger partial charge in [-0.25, -0.2) is 4.98 Å². The zero-order valence-electron chi connectivity index (χ0n) is 9.00. The lowest BCUT2D eigenvalue weighted by atomic mass is 10.1. The lowest BCUT2D eigenvalue weighted by molar-refractivity contribution is 0.281. The number of rotatable bonds is 5. The number of nitrogens with one attached hydrogen (secondary N) is 1. The lowest BCUT2D eigenvalue weighted by Gasteiger charge is -2.04. The largest absolute Gasteiger partial charge is 0.389 e. The van der Waals surface area contributed by atoms with Crippen molar-refractivity contribution in [2.45, 2.75) is 39.8 Å². The first kappa shape index (κ1) is 11.6. The minimum absolute atomic E-state index is 0.0521. The van der Waals surface area contributed by atoms with E-state index in [2.05, 4.69) is 31.1 Å². The van der Waals surface area contributed by atoms with Crippen molar-refractivity contribution in [2.75, 3.05) is 6.54 Å². The summed E-state index contributed by atoms with van der Waals surface area (Å²) in [7, 11) is 0. The van der Waals surface area contributed by atoms with Crippen molar-refractivity contribution in [3.63, 3.8) is 0 Å². The second-order valence-corrected chi connectivity index (χ2v) is 4.68. The van der Waals surface area contributed by atoms with Gasteiger partial charge in [0.25, 0.3) is 0 Å². The predicted octanol–water partition coefficient (Wildman–Crippen LogP) is 1.87. The molecule has 0 aromatic carbocycles. The van der Waals surface area contributed by atoms with E-state index in [9.17, 15) is 0 Å². The summed E-state index contributed by atoms with van der Waals surface area (Å²) in [6, 6.07) is 0. The fourth-order valence-corrected chi connectivity index (χ4v) is 2.35. The molecule has 3 nitrogen and oxygen atoms in total. The van der Waals surface area contributed by atoms with Crippen LogP contribution in [0.4, 0.5) is 0 Å². The summed E-state index contributed by atoms with van der Waals surface area (Å²) in [5.74, 6) is 0.431. The molecule has 1 heterocycles. The maximum atomic E-state index is 9.01. The maximum Gasteiger partial charge on any atom is 0.119 e. The van der Waals surface area contributed by atoms with Crippen molar-refractivity contribution < 1.29 is 5.11 Å². The molecule has 14 heavy (non-hydrogen) atoms. The van der Waals surface area contributed by atoms with Gasteiger partial charge in [-0.05, 0) is 12.5 Å². The predicted molar refractivity (Wildman–Crippen MR) is 59.5 cm³/mol. The summed E-state index contributed by atoms with van der Waals surface area (Å²) in [6.07, 6.45) is 0. The Balaban J connectivity index is 2.82. The Kier molecular flexibility index (Phi) is 4.51. The van der Waals surface area contributed by atoms with Gasteiger partial charge in [-0.1, -0.05) is 20.8 Å². The third-order valence-corrected chi connectivity index (χ3v) is 3.05. The Labute approximate surface area is 89.2 Å².